The molecule has 19 heavy (non-hydrogen) atoms. The van der Waals surface area contributed by atoms with Gasteiger partial charge >= 0.3 is 0 Å². The predicted molar refractivity (Wildman–Crippen MR) is 76.0 cm³/mol. The van der Waals surface area contributed by atoms with Crippen LogP contribution in [-0.4, -0.2) is 18.7 Å². The fourth-order valence-electron chi connectivity index (χ4n) is 2.03. The molecule has 3 aromatic rings. The zero-order chi connectivity index (χ0) is 13.2. The number of benzene rings is 1. The molecule has 0 aliphatic carbocycles. The Balaban J connectivity index is 1.94. The molecule has 0 radical (unpaired) electrons. The van der Waals surface area contributed by atoms with Crippen molar-refractivity contribution in [2.75, 3.05) is 0 Å². The van der Waals surface area contributed by atoms with Crippen LogP contribution < -0.4 is 0 Å². The van der Waals surface area contributed by atoms with Crippen LogP contribution in [0.25, 0.3) is 22.2 Å². The van der Waals surface area contributed by atoms with Gasteiger partial charge in [-0.05, 0) is 23.3 Å². The third-order valence-electron chi connectivity index (χ3n) is 2.98. The first-order valence-electron chi connectivity index (χ1n) is 5.82. The Morgan fingerprint density at radius 2 is 1.95 bits per heavy atom. The second-order valence-corrected chi connectivity index (χ2v) is 5.23. The lowest BCUT2D eigenvalue weighted by Crippen LogP contribution is -1.92. The van der Waals surface area contributed by atoms with E-state index in [0.717, 1.165) is 27.7 Å². The highest BCUT2D eigenvalue weighted by atomic mass is 32.2. The van der Waals surface area contributed by atoms with Crippen LogP contribution in [-0.2, 0) is 16.8 Å². The summed E-state index contributed by atoms with van der Waals surface area (Å²) in [4.78, 5) is 7.40. The first kappa shape index (κ1) is 12.1. The minimum atomic E-state index is -1.80. The highest BCUT2D eigenvalue weighted by Crippen LogP contribution is 2.22. The quantitative estimate of drug-likeness (QED) is 0.720. The van der Waals surface area contributed by atoms with Crippen LogP contribution >= 0.6 is 0 Å². The van der Waals surface area contributed by atoms with E-state index in [1.165, 1.54) is 0 Å². The van der Waals surface area contributed by atoms with Crippen molar-refractivity contribution >= 4 is 22.1 Å². The second kappa shape index (κ2) is 4.95. The maximum absolute atomic E-state index is 10.7. The van der Waals surface area contributed by atoms with Crippen molar-refractivity contribution in [3.8, 4) is 11.1 Å². The van der Waals surface area contributed by atoms with E-state index >= 15 is 0 Å². The Kier molecular flexibility index (Phi) is 3.15. The van der Waals surface area contributed by atoms with Gasteiger partial charge in [-0.3, -0.25) is 0 Å². The Morgan fingerprint density at radius 3 is 2.68 bits per heavy atom. The number of H-pyrrole nitrogens is 1. The molecule has 0 bridgehead atoms. The minimum absolute atomic E-state index is 0.162. The average Bonchev–Trinajstić information content (AvgIpc) is 2.86. The summed E-state index contributed by atoms with van der Waals surface area (Å²) in [5, 5.41) is 1.07. The third-order valence-corrected chi connectivity index (χ3v) is 3.56. The average molecular weight is 272 g/mol. The van der Waals surface area contributed by atoms with Gasteiger partial charge in [0, 0.05) is 23.3 Å². The molecule has 96 valence electrons. The molecule has 1 aromatic carbocycles. The Bertz CT molecular complexity index is 735. The number of fused-ring (bicyclic) bond motifs is 1. The van der Waals surface area contributed by atoms with E-state index in [4.69, 9.17) is 4.55 Å². The summed E-state index contributed by atoms with van der Waals surface area (Å²) in [6.45, 7) is 0. The molecule has 2 heterocycles. The SMILES string of the molecule is O=S(O)Cc1ccc(-c2cnc3[nH]ccc3c2)cc1. The van der Waals surface area contributed by atoms with Gasteiger partial charge in [0.2, 0.25) is 0 Å². The summed E-state index contributed by atoms with van der Waals surface area (Å²) in [6.07, 6.45) is 3.68. The van der Waals surface area contributed by atoms with Gasteiger partial charge in [-0.25, -0.2) is 9.19 Å². The van der Waals surface area contributed by atoms with Crippen LogP contribution in [0.3, 0.4) is 0 Å². The zero-order valence-electron chi connectivity index (χ0n) is 10.0. The van der Waals surface area contributed by atoms with E-state index < -0.39 is 11.1 Å². The smallest absolute Gasteiger partial charge is 0.157 e. The van der Waals surface area contributed by atoms with Gasteiger partial charge in [0.25, 0.3) is 0 Å². The molecule has 0 spiro atoms. The van der Waals surface area contributed by atoms with Gasteiger partial charge in [-0.1, -0.05) is 24.3 Å². The summed E-state index contributed by atoms with van der Waals surface area (Å²) in [5.74, 6) is 0.162. The molecule has 5 heteroatoms. The monoisotopic (exact) mass is 272 g/mol. The van der Waals surface area contributed by atoms with Crippen LogP contribution in [0.2, 0.25) is 0 Å². The molecule has 0 saturated heterocycles. The van der Waals surface area contributed by atoms with Crippen molar-refractivity contribution in [2.24, 2.45) is 0 Å². The van der Waals surface area contributed by atoms with Gasteiger partial charge in [0.1, 0.15) is 5.65 Å². The van der Waals surface area contributed by atoms with Gasteiger partial charge < -0.3 is 9.54 Å². The van der Waals surface area contributed by atoms with Crippen molar-refractivity contribution in [2.45, 2.75) is 5.75 Å². The van der Waals surface area contributed by atoms with Crippen molar-refractivity contribution in [1.82, 2.24) is 9.97 Å². The van der Waals surface area contributed by atoms with E-state index in [1.54, 1.807) is 0 Å². The molecule has 2 aromatic heterocycles. The second-order valence-electron chi connectivity index (χ2n) is 4.30. The molecule has 0 aliphatic heterocycles. The van der Waals surface area contributed by atoms with E-state index in [9.17, 15) is 4.21 Å². The molecule has 1 atom stereocenters. The van der Waals surface area contributed by atoms with Gasteiger partial charge in [-0.15, -0.1) is 0 Å². The predicted octanol–water partition coefficient (Wildman–Crippen LogP) is 2.95. The molecular weight excluding hydrogens is 260 g/mol. The van der Waals surface area contributed by atoms with Crippen molar-refractivity contribution in [3.05, 3.63) is 54.4 Å². The zero-order valence-corrected chi connectivity index (χ0v) is 10.9. The number of pyridine rings is 1. The summed E-state index contributed by atoms with van der Waals surface area (Å²) in [5.41, 5.74) is 3.79. The summed E-state index contributed by atoms with van der Waals surface area (Å²) < 4.78 is 19.6. The van der Waals surface area contributed by atoms with Crippen LogP contribution in [0.15, 0.2) is 48.8 Å². The standard InChI is InChI=1S/C14H12N2O2S/c17-19(18)9-10-1-3-11(4-2-10)13-7-12-5-6-15-14(12)16-8-13/h1-8H,9H2,(H,15,16)(H,17,18). The van der Waals surface area contributed by atoms with Gasteiger partial charge in [0.05, 0.1) is 5.75 Å². The first-order valence-corrected chi connectivity index (χ1v) is 7.10. The number of hydrogen-bond donors (Lipinski definition) is 2. The van der Waals surface area contributed by atoms with Crippen LogP contribution in [0.5, 0.6) is 0 Å². The Morgan fingerprint density at radius 1 is 1.16 bits per heavy atom. The largest absolute Gasteiger partial charge is 0.346 e. The minimum Gasteiger partial charge on any atom is -0.346 e. The fourth-order valence-corrected chi connectivity index (χ4v) is 2.51. The number of aromatic amines is 1. The topological polar surface area (TPSA) is 66.0 Å². The molecule has 1 unspecified atom stereocenters. The number of rotatable bonds is 3. The third kappa shape index (κ3) is 2.57. The lowest BCUT2D eigenvalue weighted by molar-refractivity contribution is 0.563. The number of aromatic nitrogens is 2. The molecule has 4 nitrogen and oxygen atoms in total. The van der Waals surface area contributed by atoms with Crippen molar-refractivity contribution in [1.29, 1.82) is 0 Å². The van der Waals surface area contributed by atoms with Crippen molar-refractivity contribution < 1.29 is 8.76 Å². The van der Waals surface area contributed by atoms with Crippen LogP contribution in [0.1, 0.15) is 5.56 Å². The number of nitrogens with zero attached hydrogens (tertiary/aromatic N) is 1. The normalized spacial score (nSPS) is 12.7. The van der Waals surface area contributed by atoms with E-state index in [1.807, 2.05) is 42.7 Å². The molecular formula is C14H12N2O2S. The molecule has 2 N–H and O–H groups in total. The lowest BCUT2D eigenvalue weighted by atomic mass is 10.1. The van der Waals surface area contributed by atoms with Crippen LogP contribution in [0.4, 0.5) is 0 Å². The lowest BCUT2D eigenvalue weighted by Gasteiger charge is -2.03. The van der Waals surface area contributed by atoms with E-state index in [0.29, 0.717) is 0 Å². The molecule has 0 amide bonds. The Labute approximate surface area is 112 Å². The van der Waals surface area contributed by atoms with E-state index in [2.05, 4.69) is 16.0 Å². The van der Waals surface area contributed by atoms with Crippen molar-refractivity contribution in [3.63, 3.8) is 0 Å². The number of nitrogens with one attached hydrogen (secondary N) is 1. The summed E-state index contributed by atoms with van der Waals surface area (Å²) in [7, 11) is 0. The summed E-state index contributed by atoms with van der Waals surface area (Å²) in [6, 6.07) is 11.7. The number of hydrogen-bond acceptors (Lipinski definition) is 2. The Hall–Kier alpha value is -1.98. The molecule has 3 rings (SSSR count). The highest BCUT2D eigenvalue weighted by Gasteiger charge is 2.03. The van der Waals surface area contributed by atoms with Crippen LogP contribution in [0, 0.1) is 0 Å². The van der Waals surface area contributed by atoms with Gasteiger partial charge in [-0.2, -0.15) is 0 Å². The molecule has 0 saturated carbocycles. The first-order chi connectivity index (χ1) is 9.22. The highest BCUT2D eigenvalue weighted by molar-refractivity contribution is 7.78. The fraction of sp³-hybridized carbons (Fsp3) is 0.0714. The maximum Gasteiger partial charge on any atom is 0.157 e. The van der Waals surface area contributed by atoms with Gasteiger partial charge in [0.15, 0.2) is 11.1 Å². The molecule has 0 fully saturated rings. The maximum atomic E-state index is 10.7. The van der Waals surface area contributed by atoms with E-state index in [-0.39, 0.29) is 5.75 Å². The molecule has 0 aliphatic rings. The summed E-state index contributed by atoms with van der Waals surface area (Å²) >= 11 is -1.80.